The molecule has 0 spiro atoms. The van der Waals surface area contributed by atoms with Crippen molar-refractivity contribution in [3.8, 4) is 11.8 Å². The molecule has 0 fully saturated rings. The molecule has 1 atom stereocenters. The first-order chi connectivity index (χ1) is 5.85. The van der Waals surface area contributed by atoms with E-state index in [0.717, 1.165) is 13.0 Å². The molecule has 3 nitrogen and oxygen atoms in total. The Labute approximate surface area is 74.1 Å². The minimum atomic E-state index is 0.0358. The SMILES string of the molecule is CC#CCCNC(CO)COC. The normalized spacial score (nSPS) is 11.9. The quantitative estimate of drug-likeness (QED) is 0.436. The molecule has 0 aliphatic rings. The summed E-state index contributed by atoms with van der Waals surface area (Å²) in [5, 5.41) is 12.0. The maximum Gasteiger partial charge on any atom is 0.0638 e. The van der Waals surface area contributed by atoms with E-state index in [-0.39, 0.29) is 12.6 Å². The van der Waals surface area contributed by atoms with Crippen molar-refractivity contribution in [2.24, 2.45) is 0 Å². The Bertz CT molecular complexity index is 148. The van der Waals surface area contributed by atoms with E-state index in [4.69, 9.17) is 9.84 Å². The van der Waals surface area contributed by atoms with Crippen molar-refractivity contribution in [2.75, 3.05) is 26.9 Å². The monoisotopic (exact) mass is 171 g/mol. The van der Waals surface area contributed by atoms with E-state index in [9.17, 15) is 0 Å². The van der Waals surface area contributed by atoms with Gasteiger partial charge in [-0.05, 0) is 6.92 Å². The minimum Gasteiger partial charge on any atom is -0.395 e. The van der Waals surface area contributed by atoms with E-state index in [0.29, 0.717) is 6.61 Å². The van der Waals surface area contributed by atoms with Crippen molar-refractivity contribution in [1.82, 2.24) is 5.32 Å². The van der Waals surface area contributed by atoms with Crippen LogP contribution in [0.15, 0.2) is 0 Å². The van der Waals surface area contributed by atoms with Crippen molar-refractivity contribution in [1.29, 1.82) is 0 Å². The molecule has 0 aromatic heterocycles. The number of hydrogen-bond donors (Lipinski definition) is 2. The van der Waals surface area contributed by atoms with Crippen LogP contribution >= 0.6 is 0 Å². The van der Waals surface area contributed by atoms with Crippen molar-refractivity contribution in [3.63, 3.8) is 0 Å². The Hall–Kier alpha value is -0.560. The van der Waals surface area contributed by atoms with Gasteiger partial charge >= 0.3 is 0 Å². The van der Waals surface area contributed by atoms with Crippen LogP contribution < -0.4 is 5.32 Å². The van der Waals surface area contributed by atoms with E-state index < -0.39 is 0 Å². The fourth-order valence-electron chi connectivity index (χ4n) is 0.841. The highest BCUT2D eigenvalue weighted by Gasteiger charge is 2.03. The van der Waals surface area contributed by atoms with Crippen molar-refractivity contribution in [3.05, 3.63) is 0 Å². The lowest BCUT2D eigenvalue weighted by Crippen LogP contribution is -2.36. The van der Waals surface area contributed by atoms with Crippen LogP contribution in [0.4, 0.5) is 0 Å². The molecular formula is C9H17NO2. The van der Waals surface area contributed by atoms with Crippen LogP contribution in [0.3, 0.4) is 0 Å². The predicted molar refractivity (Wildman–Crippen MR) is 48.8 cm³/mol. The average molecular weight is 171 g/mol. The third kappa shape index (κ3) is 6.17. The van der Waals surface area contributed by atoms with Gasteiger partial charge in [-0.2, -0.15) is 0 Å². The van der Waals surface area contributed by atoms with E-state index in [2.05, 4.69) is 17.2 Å². The highest BCUT2D eigenvalue weighted by atomic mass is 16.5. The van der Waals surface area contributed by atoms with Gasteiger partial charge in [-0.15, -0.1) is 11.8 Å². The topological polar surface area (TPSA) is 41.5 Å². The summed E-state index contributed by atoms with van der Waals surface area (Å²) in [6.07, 6.45) is 0.816. The first-order valence-electron chi connectivity index (χ1n) is 4.08. The van der Waals surface area contributed by atoms with Crippen LogP contribution in [-0.2, 0) is 4.74 Å². The van der Waals surface area contributed by atoms with Gasteiger partial charge in [-0.3, -0.25) is 0 Å². The summed E-state index contributed by atoms with van der Waals surface area (Å²) in [6, 6.07) is 0.0358. The Morgan fingerprint density at radius 2 is 2.33 bits per heavy atom. The van der Waals surface area contributed by atoms with Gasteiger partial charge in [-0.1, -0.05) is 0 Å². The van der Waals surface area contributed by atoms with Crippen molar-refractivity contribution >= 4 is 0 Å². The standard InChI is InChI=1S/C9H17NO2/c1-3-4-5-6-10-9(7-11)8-12-2/h9-11H,5-8H2,1-2H3. The van der Waals surface area contributed by atoms with Crippen LogP contribution in [0, 0.1) is 11.8 Å². The highest BCUT2D eigenvalue weighted by molar-refractivity contribution is 4.95. The van der Waals surface area contributed by atoms with Crippen molar-refractivity contribution < 1.29 is 9.84 Å². The zero-order valence-electron chi connectivity index (χ0n) is 7.76. The summed E-state index contributed by atoms with van der Waals surface area (Å²) >= 11 is 0. The molecule has 3 heteroatoms. The molecule has 0 radical (unpaired) electrons. The number of methoxy groups -OCH3 is 1. The fraction of sp³-hybridized carbons (Fsp3) is 0.778. The minimum absolute atomic E-state index is 0.0358. The fourth-order valence-corrected chi connectivity index (χ4v) is 0.841. The number of rotatable bonds is 6. The van der Waals surface area contributed by atoms with Gasteiger partial charge < -0.3 is 15.2 Å². The van der Waals surface area contributed by atoms with Gasteiger partial charge in [0.25, 0.3) is 0 Å². The Kier molecular flexibility index (Phi) is 8.14. The molecule has 2 N–H and O–H groups in total. The molecule has 0 bridgehead atoms. The van der Waals surface area contributed by atoms with Gasteiger partial charge in [-0.25, -0.2) is 0 Å². The van der Waals surface area contributed by atoms with Gasteiger partial charge in [0.15, 0.2) is 0 Å². The number of aliphatic hydroxyl groups is 1. The summed E-state index contributed by atoms with van der Waals surface area (Å²) in [5.41, 5.74) is 0. The second kappa shape index (κ2) is 8.54. The second-order valence-corrected chi connectivity index (χ2v) is 2.47. The van der Waals surface area contributed by atoms with Crippen LogP contribution in [0.5, 0.6) is 0 Å². The number of hydrogen-bond acceptors (Lipinski definition) is 3. The smallest absolute Gasteiger partial charge is 0.0638 e. The summed E-state index contributed by atoms with van der Waals surface area (Å²) in [5.74, 6) is 5.74. The van der Waals surface area contributed by atoms with E-state index in [1.807, 2.05) is 6.92 Å². The summed E-state index contributed by atoms with van der Waals surface area (Å²) in [7, 11) is 1.62. The molecule has 0 saturated carbocycles. The number of aliphatic hydroxyl groups excluding tert-OH is 1. The van der Waals surface area contributed by atoms with Gasteiger partial charge in [0.05, 0.1) is 19.3 Å². The van der Waals surface area contributed by atoms with Crippen LogP contribution in [0.25, 0.3) is 0 Å². The summed E-state index contributed by atoms with van der Waals surface area (Å²) in [4.78, 5) is 0. The van der Waals surface area contributed by atoms with E-state index >= 15 is 0 Å². The molecule has 12 heavy (non-hydrogen) atoms. The lowest BCUT2D eigenvalue weighted by Gasteiger charge is -2.13. The van der Waals surface area contributed by atoms with Crippen molar-refractivity contribution in [2.45, 2.75) is 19.4 Å². The maximum absolute atomic E-state index is 8.84. The third-order valence-electron chi connectivity index (χ3n) is 1.45. The molecule has 0 rings (SSSR count). The maximum atomic E-state index is 8.84. The van der Waals surface area contributed by atoms with Gasteiger partial charge in [0.1, 0.15) is 0 Å². The Morgan fingerprint density at radius 3 is 2.83 bits per heavy atom. The molecule has 0 amide bonds. The summed E-state index contributed by atoms with van der Waals surface area (Å²) in [6.45, 7) is 3.26. The average Bonchev–Trinajstić information content (AvgIpc) is 2.10. The first-order valence-corrected chi connectivity index (χ1v) is 4.08. The van der Waals surface area contributed by atoms with Gasteiger partial charge in [0, 0.05) is 20.1 Å². The molecule has 0 aromatic rings. The van der Waals surface area contributed by atoms with Gasteiger partial charge in [0.2, 0.25) is 0 Å². The molecule has 0 aliphatic carbocycles. The Morgan fingerprint density at radius 1 is 1.58 bits per heavy atom. The predicted octanol–water partition coefficient (Wildman–Crippen LogP) is -0.00330. The largest absolute Gasteiger partial charge is 0.395 e. The van der Waals surface area contributed by atoms with Crippen LogP contribution in [0.1, 0.15) is 13.3 Å². The lowest BCUT2D eigenvalue weighted by atomic mass is 10.3. The molecule has 0 aliphatic heterocycles. The molecule has 0 aromatic carbocycles. The van der Waals surface area contributed by atoms with E-state index in [1.54, 1.807) is 7.11 Å². The third-order valence-corrected chi connectivity index (χ3v) is 1.45. The Balaban J connectivity index is 3.35. The molecule has 70 valence electrons. The highest BCUT2D eigenvalue weighted by Crippen LogP contribution is 1.83. The van der Waals surface area contributed by atoms with Crippen LogP contribution in [-0.4, -0.2) is 38.0 Å². The first kappa shape index (κ1) is 11.4. The molecule has 0 heterocycles. The molecular weight excluding hydrogens is 154 g/mol. The number of nitrogens with one attached hydrogen (secondary N) is 1. The lowest BCUT2D eigenvalue weighted by molar-refractivity contribution is 0.129. The second-order valence-electron chi connectivity index (χ2n) is 2.47. The van der Waals surface area contributed by atoms with E-state index in [1.165, 1.54) is 0 Å². The molecule has 1 unspecified atom stereocenters. The summed E-state index contributed by atoms with van der Waals surface area (Å²) < 4.78 is 4.89. The molecule has 0 saturated heterocycles. The zero-order valence-corrected chi connectivity index (χ0v) is 7.76. The number of ether oxygens (including phenoxy) is 1. The van der Waals surface area contributed by atoms with Crippen LogP contribution in [0.2, 0.25) is 0 Å². The zero-order chi connectivity index (χ0) is 9.23.